The van der Waals surface area contributed by atoms with Crippen LogP contribution in [0.5, 0.6) is 0 Å². The van der Waals surface area contributed by atoms with Gasteiger partial charge in [-0.2, -0.15) is 0 Å². The summed E-state index contributed by atoms with van der Waals surface area (Å²) in [6.45, 7) is 3.26. The molecule has 1 unspecified atom stereocenters. The number of benzene rings is 1. The van der Waals surface area contributed by atoms with E-state index in [2.05, 4.69) is 17.0 Å². The molecule has 0 radical (unpaired) electrons. The van der Waals surface area contributed by atoms with Crippen LogP contribution in [0.15, 0.2) is 24.3 Å². The van der Waals surface area contributed by atoms with Crippen LogP contribution in [0.4, 0.5) is 0 Å². The van der Waals surface area contributed by atoms with Gasteiger partial charge in [0.25, 0.3) is 5.91 Å². The van der Waals surface area contributed by atoms with Gasteiger partial charge in [-0.1, -0.05) is 30.7 Å². The number of para-hydroxylation sites is 1. The number of carbonyl (C=O) groups excluding carboxylic acids is 1. The maximum Gasteiger partial charge on any atom is 0.293 e. The third-order valence-electron chi connectivity index (χ3n) is 4.58. The van der Waals surface area contributed by atoms with E-state index in [1.165, 1.54) is 0 Å². The number of nitrogens with two attached hydrogens (primary N) is 1. The number of hydrogen-bond acceptors (Lipinski definition) is 4. The van der Waals surface area contributed by atoms with Gasteiger partial charge in [0.15, 0.2) is 0 Å². The first-order valence-electron chi connectivity index (χ1n) is 8.87. The fraction of sp³-hybridized carbons (Fsp3) is 0.500. The Morgan fingerprint density at radius 3 is 2.81 bits per heavy atom. The van der Waals surface area contributed by atoms with Gasteiger partial charge in [0.05, 0.1) is 10.7 Å². The zero-order valence-electron chi connectivity index (χ0n) is 14.9. The van der Waals surface area contributed by atoms with E-state index in [-0.39, 0.29) is 30.2 Å². The maximum absolute atomic E-state index is 13.0. The third-order valence-corrected chi connectivity index (χ3v) is 4.90. The van der Waals surface area contributed by atoms with Crippen LogP contribution in [0.1, 0.15) is 49.1 Å². The van der Waals surface area contributed by atoms with Gasteiger partial charge < -0.3 is 10.6 Å². The van der Waals surface area contributed by atoms with Gasteiger partial charge in [0.1, 0.15) is 5.82 Å². The molecule has 1 aliphatic heterocycles. The SMILES string of the molecule is CCCc1nc(C(=O)N2CCCCC2CN)nn1-c1ccccc1Cl.Cl. The number of aryl methyl sites for hydroxylation is 1. The molecule has 2 heterocycles. The van der Waals surface area contributed by atoms with E-state index >= 15 is 0 Å². The quantitative estimate of drug-likeness (QED) is 0.839. The van der Waals surface area contributed by atoms with Crippen molar-refractivity contribution in [2.45, 2.75) is 45.1 Å². The van der Waals surface area contributed by atoms with Crippen LogP contribution in [0.25, 0.3) is 5.69 Å². The molecule has 1 aromatic heterocycles. The minimum absolute atomic E-state index is 0. The summed E-state index contributed by atoms with van der Waals surface area (Å²) in [6.07, 6.45) is 4.68. The number of likely N-dealkylation sites (tertiary alicyclic amines) is 1. The number of amides is 1. The van der Waals surface area contributed by atoms with Gasteiger partial charge in [0.2, 0.25) is 5.82 Å². The number of aromatic nitrogens is 3. The number of rotatable bonds is 5. The second kappa shape index (κ2) is 9.35. The minimum atomic E-state index is -0.140. The fourth-order valence-corrected chi connectivity index (χ4v) is 3.49. The maximum atomic E-state index is 13.0. The van der Waals surface area contributed by atoms with Crippen LogP contribution in [-0.2, 0) is 6.42 Å². The largest absolute Gasteiger partial charge is 0.332 e. The standard InChI is InChI=1S/C18H24ClN5O.ClH/c1-2-7-16-21-17(18(25)23-11-6-5-8-13(23)12-20)22-24(16)15-10-4-3-9-14(15)19;/h3-4,9-10,13H,2,5-8,11-12,20H2,1H3;1H. The van der Waals surface area contributed by atoms with E-state index < -0.39 is 0 Å². The molecule has 1 aromatic carbocycles. The second-order valence-corrected chi connectivity index (χ2v) is 6.76. The Labute approximate surface area is 165 Å². The van der Waals surface area contributed by atoms with Crippen LogP contribution < -0.4 is 5.73 Å². The summed E-state index contributed by atoms with van der Waals surface area (Å²) in [5.74, 6) is 0.835. The summed E-state index contributed by atoms with van der Waals surface area (Å²) in [5.41, 5.74) is 6.59. The van der Waals surface area contributed by atoms with Crippen molar-refractivity contribution in [1.82, 2.24) is 19.7 Å². The molecule has 6 nitrogen and oxygen atoms in total. The summed E-state index contributed by atoms with van der Waals surface area (Å²) in [4.78, 5) is 19.3. The summed E-state index contributed by atoms with van der Waals surface area (Å²) in [7, 11) is 0. The molecule has 1 aliphatic rings. The highest BCUT2D eigenvalue weighted by Gasteiger charge is 2.29. The molecular weight excluding hydrogens is 373 g/mol. The average molecular weight is 398 g/mol. The number of piperidine rings is 1. The number of halogens is 2. The molecule has 1 atom stereocenters. The van der Waals surface area contributed by atoms with Crippen LogP contribution in [0.3, 0.4) is 0 Å². The van der Waals surface area contributed by atoms with Gasteiger partial charge in [-0.3, -0.25) is 4.79 Å². The van der Waals surface area contributed by atoms with Crippen molar-refractivity contribution in [2.24, 2.45) is 5.73 Å². The highest BCUT2D eigenvalue weighted by Crippen LogP contribution is 2.23. The summed E-state index contributed by atoms with van der Waals surface area (Å²) >= 11 is 6.31. The van der Waals surface area contributed by atoms with Gasteiger partial charge in [-0.05, 0) is 37.8 Å². The lowest BCUT2D eigenvalue weighted by molar-refractivity contribution is 0.0610. The molecule has 26 heavy (non-hydrogen) atoms. The molecule has 0 bridgehead atoms. The van der Waals surface area contributed by atoms with E-state index in [9.17, 15) is 4.79 Å². The van der Waals surface area contributed by atoms with Gasteiger partial charge >= 0.3 is 0 Å². The second-order valence-electron chi connectivity index (χ2n) is 6.35. The first-order chi connectivity index (χ1) is 12.2. The Balaban J connectivity index is 0.00000243. The Morgan fingerprint density at radius 2 is 2.12 bits per heavy atom. The van der Waals surface area contributed by atoms with Crippen molar-refractivity contribution in [3.8, 4) is 5.69 Å². The lowest BCUT2D eigenvalue weighted by atomic mass is 10.0. The van der Waals surface area contributed by atoms with E-state index in [4.69, 9.17) is 17.3 Å². The van der Waals surface area contributed by atoms with Crippen molar-refractivity contribution in [2.75, 3.05) is 13.1 Å². The molecule has 8 heteroatoms. The third kappa shape index (κ3) is 4.19. The summed E-state index contributed by atoms with van der Waals surface area (Å²) < 4.78 is 1.69. The number of carbonyl (C=O) groups is 1. The van der Waals surface area contributed by atoms with E-state index in [1.54, 1.807) is 4.68 Å². The predicted octanol–water partition coefficient (Wildman–Crippen LogP) is 3.25. The topological polar surface area (TPSA) is 77.0 Å². The molecule has 0 saturated carbocycles. The van der Waals surface area contributed by atoms with Crippen molar-refractivity contribution < 1.29 is 4.79 Å². The number of nitrogens with zero attached hydrogens (tertiary/aromatic N) is 4. The fourth-order valence-electron chi connectivity index (χ4n) is 3.28. The predicted molar refractivity (Wildman–Crippen MR) is 105 cm³/mol. The van der Waals surface area contributed by atoms with Gasteiger partial charge in [-0.25, -0.2) is 9.67 Å². The molecular formula is C18H25Cl2N5O. The molecule has 2 aromatic rings. The van der Waals surface area contributed by atoms with Crippen LogP contribution in [-0.4, -0.2) is 44.7 Å². The number of hydrogen-bond donors (Lipinski definition) is 1. The highest BCUT2D eigenvalue weighted by molar-refractivity contribution is 6.32. The first kappa shape index (κ1) is 20.7. The lowest BCUT2D eigenvalue weighted by Gasteiger charge is -2.34. The Morgan fingerprint density at radius 1 is 1.35 bits per heavy atom. The summed E-state index contributed by atoms with van der Waals surface area (Å²) in [5, 5.41) is 5.08. The molecule has 1 amide bonds. The zero-order chi connectivity index (χ0) is 17.8. The van der Waals surface area contributed by atoms with Crippen molar-refractivity contribution in [3.63, 3.8) is 0 Å². The van der Waals surface area contributed by atoms with E-state index in [0.717, 1.165) is 43.6 Å². The molecule has 2 N–H and O–H groups in total. The summed E-state index contributed by atoms with van der Waals surface area (Å²) in [6, 6.07) is 7.53. The molecule has 0 aliphatic carbocycles. The van der Waals surface area contributed by atoms with Crippen molar-refractivity contribution in [3.05, 3.63) is 40.9 Å². The lowest BCUT2D eigenvalue weighted by Crippen LogP contribution is -2.47. The van der Waals surface area contributed by atoms with Gasteiger partial charge in [-0.15, -0.1) is 17.5 Å². The Hall–Kier alpha value is -1.63. The molecule has 1 fully saturated rings. The minimum Gasteiger partial charge on any atom is -0.332 e. The Kier molecular flexibility index (Phi) is 7.43. The van der Waals surface area contributed by atoms with E-state index in [1.807, 2.05) is 29.2 Å². The van der Waals surface area contributed by atoms with Crippen LogP contribution in [0.2, 0.25) is 5.02 Å². The van der Waals surface area contributed by atoms with Crippen LogP contribution >= 0.6 is 24.0 Å². The monoisotopic (exact) mass is 397 g/mol. The highest BCUT2D eigenvalue weighted by atomic mass is 35.5. The first-order valence-corrected chi connectivity index (χ1v) is 9.25. The zero-order valence-corrected chi connectivity index (χ0v) is 16.5. The molecule has 0 spiro atoms. The van der Waals surface area contributed by atoms with E-state index in [0.29, 0.717) is 18.1 Å². The molecule has 142 valence electrons. The molecule has 3 rings (SSSR count). The normalized spacial score (nSPS) is 17.0. The smallest absolute Gasteiger partial charge is 0.293 e. The van der Waals surface area contributed by atoms with Crippen molar-refractivity contribution >= 4 is 29.9 Å². The molecule has 1 saturated heterocycles. The van der Waals surface area contributed by atoms with Crippen LogP contribution in [0, 0.1) is 0 Å². The average Bonchev–Trinajstić information content (AvgIpc) is 3.05. The van der Waals surface area contributed by atoms with Gasteiger partial charge in [0, 0.05) is 25.6 Å². The Bertz CT molecular complexity index is 749. The van der Waals surface area contributed by atoms with Crippen molar-refractivity contribution in [1.29, 1.82) is 0 Å².